The Bertz CT molecular complexity index is 184. The van der Waals surface area contributed by atoms with E-state index >= 15 is 0 Å². The number of hydrogen-bond donors (Lipinski definition) is 1. The van der Waals surface area contributed by atoms with Gasteiger partial charge in [0.2, 0.25) is 0 Å². The summed E-state index contributed by atoms with van der Waals surface area (Å²) in [4.78, 5) is 0. The zero-order valence-electron chi connectivity index (χ0n) is 12.0. The van der Waals surface area contributed by atoms with Gasteiger partial charge < -0.3 is 19.5 Å². The summed E-state index contributed by atoms with van der Waals surface area (Å²) in [5.41, 5.74) is 0.125. The molecule has 0 saturated heterocycles. The minimum absolute atomic E-state index is 0.125. The van der Waals surface area contributed by atoms with Crippen LogP contribution in [0.4, 0.5) is 0 Å². The Morgan fingerprint density at radius 1 is 1.06 bits per heavy atom. The Balaban J connectivity index is 3.33. The minimum Gasteiger partial charge on any atom is -0.382 e. The Kier molecular flexibility index (Phi) is 12.3. The Labute approximate surface area is 116 Å². The first-order valence-electron chi connectivity index (χ1n) is 6.64. The van der Waals surface area contributed by atoms with Crippen molar-refractivity contribution >= 4 is 11.6 Å². The summed E-state index contributed by atoms with van der Waals surface area (Å²) in [6, 6.07) is 0. The molecule has 0 aromatic rings. The predicted octanol–water partition coefficient (Wildman–Crippen LogP) is 2.05. The van der Waals surface area contributed by atoms with Crippen molar-refractivity contribution in [2.45, 2.75) is 32.2 Å². The van der Waals surface area contributed by atoms with Crippen molar-refractivity contribution in [2.24, 2.45) is 0 Å². The predicted molar refractivity (Wildman–Crippen MR) is 75.5 cm³/mol. The Hall–Kier alpha value is 0.130. The number of halogens is 1. The zero-order valence-corrected chi connectivity index (χ0v) is 12.7. The van der Waals surface area contributed by atoms with Crippen molar-refractivity contribution in [3.8, 4) is 0 Å². The lowest BCUT2D eigenvalue weighted by atomic mass is 9.95. The third-order valence-corrected chi connectivity index (χ3v) is 3.22. The molecule has 1 unspecified atom stereocenters. The smallest absolute Gasteiger partial charge is 0.0701 e. The van der Waals surface area contributed by atoms with Gasteiger partial charge in [-0.15, -0.1) is 11.6 Å². The van der Waals surface area contributed by atoms with Gasteiger partial charge in [0.25, 0.3) is 0 Å². The monoisotopic (exact) mass is 281 g/mol. The van der Waals surface area contributed by atoms with Crippen LogP contribution >= 0.6 is 11.6 Å². The SMILES string of the molecule is CCC(C)(CCCl)NCCOCCOCCOC. The molecule has 0 radical (unpaired) electrons. The van der Waals surface area contributed by atoms with Gasteiger partial charge in [-0.2, -0.15) is 0 Å². The van der Waals surface area contributed by atoms with Crippen LogP contribution in [0.1, 0.15) is 26.7 Å². The summed E-state index contributed by atoms with van der Waals surface area (Å²) < 4.78 is 15.6. The average Bonchev–Trinajstić information content (AvgIpc) is 2.37. The third kappa shape index (κ3) is 10.1. The molecule has 1 atom stereocenters. The number of hydrogen-bond acceptors (Lipinski definition) is 4. The normalized spacial score (nSPS) is 14.7. The quantitative estimate of drug-likeness (QED) is 0.414. The van der Waals surface area contributed by atoms with Gasteiger partial charge in [-0.3, -0.25) is 0 Å². The van der Waals surface area contributed by atoms with E-state index in [0.717, 1.165) is 19.4 Å². The fourth-order valence-electron chi connectivity index (χ4n) is 1.49. The van der Waals surface area contributed by atoms with Crippen molar-refractivity contribution < 1.29 is 14.2 Å². The van der Waals surface area contributed by atoms with Gasteiger partial charge in [0.15, 0.2) is 0 Å². The molecule has 0 aromatic carbocycles. The van der Waals surface area contributed by atoms with E-state index in [9.17, 15) is 0 Å². The first-order chi connectivity index (χ1) is 8.68. The summed E-state index contributed by atoms with van der Waals surface area (Å²) in [5.74, 6) is 0.686. The van der Waals surface area contributed by atoms with E-state index in [-0.39, 0.29) is 5.54 Å². The maximum atomic E-state index is 5.79. The molecule has 0 spiro atoms. The zero-order chi connectivity index (χ0) is 13.7. The molecule has 0 aromatic heterocycles. The van der Waals surface area contributed by atoms with Crippen molar-refractivity contribution in [3.05, 3.63) is 0 Å². The van der Waals surface area contributed by atoms with Crippen molar-refractivity contribution in [1.82, 2.24) is 5.32 Å². The van der Waals surface area contributed by atoms with Gasteiger partial charge >= 0.3 is 0 Å². The van der Waals surface area contributed by atoms with Crippen LogP contribution in [0.5, 0.6) is 0 Å². The van der Waals surface area contributed by atoms with E-state index in [1.807, 2.05) is 0 Å². The second kappa shape index (κ2) is 12.2. The molecular weight excluding hydrogens is 254 g/mol. The van der Waals surface area contributed by atoms with Crippen LogP contribution in [0, 0.1) is 0 Å². The van der Waals surface area contributed by atoms with E-state index in [0.29, 0.717) is 38.9 Å². The van der Waals surface area contributed by atoms with Crippen LogP contribution in [-0.4, -0.2) is 58.1 Å². The lowest BCUT2D eigenvalue weighted by Crippen LogP contribution is -2.43. The van der Waals surface area contributed by atoms with Gasteiger partial charge in [0.05, 0.1) is 33.0 Å². The summed E-state index contributed by atoms with van der Waals surface area (Å²) in [6.45, 7) is 8.43. The third-order valence-electron chi connectivity index (χ3n) is 3.03. The lowest BCUT2D eigenvalue weighted by Gasteiger charge is -2.29. The second-order valence-electron chi connectivity index (χ2n) is 4.50. The van der Waals surface area contributed by atoms with E-state index in [4.69, 9.17) is 25.8 Å². The highest BCUT2D eigenvalue weighted by molar-refractivity contribution is 6.17. The van der Waals surface area contributed by atoms with Gasteiger partial charge in [0.1, 0.15) is 0 Å². The first kappa shape index (κ1) is 18.1. The molecule has 110 valence electrons. The number of alkyl halides is 1. The van der Waals surface area contributed by atoms with Crippen LogP contribution in [0.2, 0.25) is 0 Å². The topological polar surface area (TPSA) is 39.7 Å². The largest absolute Gasteiger partial charge is 0.382 e. The highest BCUT2D eigenvalue weighted by Crippen LogP contribution is 2.14. The van der Waals surface area contributed by atoms with Gasteiger partial charge in [-0.1, -0.05) is 6.92 Å². The van der Waals surface area contributed by atoms with E-state index < -0.39 is 0 Å². The Morgan fingerprint density at radius 2 is 1.67 bits per heavy atom. The average molecular weight is 282 g/mol. The summed E-state index contributed by atoms with van der Waals surface area (Å²) >= 11 is 5.79. The number of nitrogens with one attached hydrogen (secondary N) is 1. The maximum absolute atomic E-state index is 5.79. The molecule has 0 saturated carbocycles. The highest BCUT2D eigenvalue weighted by atomic mass is 35.5. The first-order valence-corrected chi connectivity index (χ1v) is 7.17. The lowest BCUT2D eigenvalue weighted by molar-refractivity contribution is 0.0244. The van der Waals surface area contributed by atoms with Gasteiger partial charge in [0, 0.05) is 25.1 Å². The molecule has 0 aliphatic rings. The fourth-order valence-corrected chi connectivity index (χ4v) is 1.91. The molecule has 0 fully saturated rings. The molecule has 1 N–H and O–H groups in total. The van der Waals surface area contributed by atoms with Crippen LogP contribution in [-0.2, 0) is 14.2 Å². The molecular formula is C13H28ClNO3. The number of rotatable bonds is 13. The van der Waals surface area contributed by atoms with Crippen LogP contribution in [0.3, 0.4) is 0 Å². The summed E-state index contributed by atoms with van der Waals surface area (Å²) in [7, 11) is 1.66. The van der Waals surface area contributed by atoms with Gasteiger partial charge in [-0.05, 0) is 19.8 Å². The molecule has 18 heavy (non-hydrogen) atoms. The number of ether oxygens (including phenoxy) is 3. The Morgan fingerprint density at radius 3 is 2.22 bits per heavy atom. The van der Waals surface area contributed by atoms with E-state index in [2.05, 4.69) is 19.2 Å². The molecule has 0 rings (SSSR count). The molecule has 0 heterocycles. The van der Waals surface area contributed by atoms with Gasteiger partial charge in [-0.25, -0.2) is 0 Å². The minimum atomic E-state index is 0.125. The van der Waals surface area contributed by atoms with Crippen molar-refractivity contribution in [1.29, 1.82) is 0 Å². The second-order valence-corrected chi connectivity index (χ2v) is 4.88. The van der Waals surface area contributed by atoms with Crippen LogP contribution < -0.4 is 5.32 Å². The van der Waals surface area contributed by atoms with Crippen molar-refractivity contribution in [3.63, 3.8) is 0 Å². The van der Waals surface area contributed by atoms with Crippen LogP contribution in [0.25, 0.3) is 0 Å². The standard InChI is InChI=1S/C13H28ClNO3/c1-4-13(2,5-6-14)15-7-8-17-11-12-18-10-9-16-3/h15H,4-12H2,1-3H3. The number of methoxy groups -OCH3 is 1. The van der Waals surface area contributed by atoms with Crippen LogP contribution in [0.15, 0.2) is 0 Å². The molecule has 4 nitrogen and oxygen atoms in total. The van der Waals surface area contributed by atoms with E-state index in [1.54, 1.807) is 7.11 Å². The fraction of sp³-hybridized carbons (Fsp3) is 1.00. The van der Waals surface area contributed by atoms with E-state index in [1.165, 1.54) is 0 Å². The highest BCUT2D eigenvalue weighted by Gasteiger charge is 2.19. The van der Waals surface area contributed by atoms with Crippen molar-refractivity contribution in [2.75, 3.05) is 52.6 Å². The molecule has 0 bridgehead atoms. The molecule has 0 amide bonds. The summed E-state index contributed by atoms with van der Waals surface area (Å²) in [5, 5.41) is 3.49. The summed E-state index contributed by atoms with van der Waals surface area (Å²) in [6.07, 6.45) is 2.05. The molecule has 0 aliphatic heterocycles. The molecule has 5 heteroatoms. The maximum Gasteiger partial charge on any atom is 0.0701 e. The molecule has 0 aliphatic carbocycles.